The molecule has 0 unspecified atom stereocenters. The number of benzene rings is 2. The Labute approximate surface area is 104 Å². The quantitative estimate of drug-likeness (QED) is 0.720. The Balaban J connectivity index is 2.01. The van der Waals surface area contributed by atoms with Gasteiger partial charge in [0, 0.05) is 18.0 Å². The molecule has 0 spiro atoms. The van der Waals surface area contributed by atoms with Crippen molar-refractivity contribution in [2.45, 2.75) is 0 Å². The van der Waals surface area contributed by atoms with Gasteiger partial charge in [0.05, 0.1) is 0 Å². The van der Waals surface area contributed by atoms with Crippen LogP contribution < -0.4 is 5.32 Å². The van der Waals surface area contributed by atoms with Crippen LogP contribution in [0.15, 0.2) is 54.9 Å². The summed E-state index contributed by atoms with van der Waals surface area (Å²) in [5.74, 6) is 0.287. The minimum atomic E-state index is -0.165. The summed E-state index contributed by atoms with van der Waals surface area (Å²) in [5, 5.41) is 4.70. The Morgan fingerprint density at radius 2 is 1.94 bits per heavy atom. The summed E-state index contributed by atoms with van der Waals surface area (Å²) in [6.45, 7) is 0. The van der Waals surface area contributed by atoms with Crippen molar-refractivity contribution in [2.24, 2.45) is 0 Å². The Morgan fingerprint density at radius 3 is 2.78 bits per heavy atom. The number of H-pyrrole nitrogens is 1. The number of hydrogen-bond acceptors (Lipinski definition) is 2. The molecule has 1 heterocycles. The molecule has 88 valence electrons. The molecule has 4 heteroatoms. The lowest BCUT2D eigenvalue weighted by Crippen LogP contribution is -2.13. The van der Waals surface area contributed by atoms with Crippen molar-refractivity contribution < 1.29 is 4.79 Å². The van der Waals surface area contributed by atoms with Gasteiger partial charge in [-0.1, -0.05) is 36.4 Å². The molecule has 2 aromatic carbocycles. The van der Waals surface area contributed by atoms with E-state index in [-0.39, 0.29) is 5.91 Å². The van der Waals surface area contributed by atoms with E-state index in [1.54, 1.807) is 18.5 Å². The number of nitrogens with one attached hydrogen (secondary N) is 2. The van der Waals surface area contributed by atoms with Crippen LogP contribution in [0.2, 0.25) is 0 Å². The van der Waals surface area contributed by atoms with Crippen LogP contribution in [-0.4, -0.2) is 15.9 Å². The molecule has 1 aromatic heterocycles. The number of amides is 1. The Kier molecular flexibility index (Phi) is 2.53. The second kappa shape index (κ2) is 4.33. The van der Waals surface area contributed by atoms with Crippen LogP contribution in [0.1, 0.15) is 10.4 Å². The summed E-state index contributed by atoms with van der Waals surface area (Å²) in [7, 11) is 0. The number of carbonyl (C=O) groups is 1. The van der Waals surface area contributed by atoms with Gasteiger partial charge in [0.25, 0.3) is 5.91 Å². The predicted molar refractivity (Wildman–Crippen MR) is 70.5 cm³/mol. The molecule has 0 radical (unpaired) electrons. The van der Waals surface area contributed by atoms with Gasteiger partial charge in [-0.25, -0.2) is 4.98 Å². The average molecular weight is 237 g/mol. The largest absolute Gasteiger partial charge is 0.331 e. The standard InChI is InChI=1S/C14H11N3O/c18-13(17-14-15-8-9-16-14)12-7-3-5-10-4-1-2-6-11(10)12/h1-9H,(H2,15,16,17,18). The highest BCUT2D eigenvalue weighted by molar-refractivity contribution is 6.12. The monoisotopic (exact) mass is 237 g/mol. The number of nitrogens with zero attached hydrogens (tertiary/aromatic N) is 1. The third kappa shape index (κ3) is 1.84. The number of imidazole rings is 1. The highest BCUT2D eigenvalue weighted by Gasteiger charge is 2.10. The lowest BCUT2D eigenvalue weighted by Gasteiger charge is -2.05. The maximum Gasteiger partial charge on any atom is 0.258 e. The van der Waals surface area contributed by atoms with E-state index in [1.165, 1.54) is 0 Å². The van der Waals surface area contributed by atoms with Crippen LogP contribution in [-0.2, 0) is 0 Å². The van der Waals surface area contributed by atoms with Gasteiger partial charge in [-0.15, -0.1) is 0 Å². The number of carbonyl (C=O) groups excluding carboxylic acids is 1. The van der Waals surface area contributed by atoms with Gasteiger partial charge in [-0.3, -0.25) is 10.1 Å². The SMILES string of the molecule is O=C(Nc1ncc[nH]1)c1cccc2ccccc12. The first-order valence-corrected chi connectivity index (χ1v) is 5.63. The fraction of sp³-hybridized carbons (Fsp3) is 0. The van der Waals surface area contributed by atoms with Crippen LogP contribution in [0.5, 0.6) is 0 Å². The second-order valence-electron chi connectivity index (χ2n) is 3.92. The zero-order chi connectivity index (χ0) is 12.4. The van der Waals surface area contributed by atoms with Gasteiger partial charge in [0.1, 0.15) is 0 Å². The molecular weight excluding hydrogens is 226 g/mol. The summed E-state index contributed by atoms with van der Waals surface area (Å²) in [5.41, 5.74) is 0.643. The van der Waals surface area contributed by atoms with Gasteiger partial charge in [0.2, 0.25) is 5.95 Å². The van der Waals surface area contributed by atoms with E-state index < -0.39 is 0 Å². The van der Waals surface area contributed by atoms with Crippen molar-refractivity contribution >= 4 is 22.6 Å². The van der Waals surface area contributed by atoms with Crippen LogP contribution in [0, 0.1) is 0 Å². The molecule has 4 nitrogen and oxygen atoms in total. The number of hydrogen-bond donors (Lipinski definition) is 2. The number of anilines is 1. The fourth-order valence-electron chi connectivity index (χ4n) is 1.93. The van der Waals surface area contributed by atoms with E-state index in [0.29, 0.717) is 11.5 Å². The predicted octanol–water partition coefficient (Wildman–Crippen LogP) is 2.82. The van der Waals surface area contributed by atoms with Gasteiger partial charge in [-0.05, 0) is 16.8 Å². The van der Waals surface area contributed by atoms with Gasteiger partial charge >= 0.3 is 0 Å². The van der Waals surface area contributed by atoms with E-state index in [1.807, 2.05) is 36.4 Å². The molecule has 0 aliphatic heterocycles. The Morgan fingerprint density at radius 1 is 1.11 bits per heavy atom. The van der Waals surface area contributed by atoms with Crippen molar-refractivity contribution in [3.63, 3.8) is 0 Å². The topological polar surface area (TPSA) is 57.8 Å². The third-order valence-electron chi connectivity index (χ3n) is 2.76. The van der Waals surface area contributed by atoms with E-state index in [9.17, 15) is 4.79 Å². The lowest BCUT2D eigenvalue weighted by atomic mass is 10.0. The van der Waals surface area contributed by atoms with Crippen molar-refractivity contribution in [3.05, 3.63) is 60.4 Å². The molecular formula is C14H11N3O. The highest BCUT2D eigenvalue weighted by atomic mass is 16.1. The summed E-state index contributed by atoms with van der Waals surface area (Å²) in [6.07, 6.45) is 3.26. The lowest BCUT2D eigenvalue weighted by molar-refractivity contribution is 0.102. The van der Waals surface area contributed by atoms with Crippen molar-refractivity contribution in [3.8, 4) is 0 Å². The molecule has 18 heavy (non-hydrogen) atoms. The van der Waals surface area contributed by atoms with Crippen LogP contribution in [0.3, 0.4) is 0 Å². The zero-order valence-electron chi connectivity index (χ0n) is 9.55. The molecule has 3 aromatic rings. The van der Waals surface area contributed by atoms with Gasteiger partial charge < -0.3 is 4.98 Å². The van der Waals surface area contributed by atoms with Gasteiger partial charge in [0.15, 0.2) is 0 Å². The smallest absolute Gasteiger partial charge is 0.258 e. The summed E-state index contributed by atoms with van der Waals surface area (Å²) >= 11 is 0. The van der Waals surface area contributed by atoms with E-state index >= 15 is 0 Å². The molecule has 0 atom stereocenters. The van der Waals surface area contributed by atoms with Crippen molar-refractivity contribution in [1.29, 1.82) is 0 Å². The third-order valence-corrected chi connectivity index (χ3v) is 2.76. The van der Waals surface area contributed by atoms with Crippen molar-refractivity contribution in [1.82, 2.24) is 9.97 Å². The fourth-order valence-corrected chi connectivity index (χ4v) is 1.93. The number of fused-ring (bicyclic) bond motifs is 1. The average Bonchev–Trinajstić information content (AvgIpc) is 2.91. The number of rotatable bonds is 2. The molecule has 0 aliphatic carbocycles. The maximum atomic E-state index is 12.2. The molecule has 0 saturated heterocycles. The number of aromatic nitrogens is 2. The minimum absolute atomic E-state index is 0.165. The zero-order valence-corrected chi connectivity index (χ0v) is 9.55. The molecule has 2 N–H and O–H groups in total. The minimum Gasteiger partial charge on any atom is -0.331 e. The van der Waals surface area contributed by atoms with Crippen LogP contribution in [0.25, 0.3) is 10.8 Å². The van der Waals surface area contributed by atoms with Crippen LogP contribution >= 0.6 is 0 Å². The molecule has 1 amide bonds. The maximum absolute atomic E-state index is 12.2. The summed E-state index contributed by atoms with van der Waals surface area (Å²) in [6, 6.07) is 13.5. The van der Waals surface area contributed by atoms with E-state index in [2.05, 4.69) is 15.3 Å². The number of aromatic amines is 1. The van der Waals surface area contributed by atoms with Crippen molar-refractivity contribution in [2.75, 3.05) is 5.32 Å². The Hall–Kier alpha value is -2.62. The molecule has 3 rings (SSSR count). The highest BCUT2D eigenvalue weighted by Crippen LogP contribution is 2.19. The molecule has 0 bridgehead atoms. The summed E-state index contributed by atoms with van der Waals surface area (Å²) in [4.78, 5) is 19.0. The van der Waals surface area contributed by atoms with E-state index in [0.717, 1.165) is 10.8 Å². The van der Waals surface area contributed by atoms with E-state index in [4.69, 9.17) is 0 Å². The first-order valence-electron chi connectivity index (χ1n) is 5.63. The molecule has 0 fully saturated rings. The summed E-state index contributed by atoms with van der Waals surface area (Å²) < 4.78 is 0. The van der Waals surface area contributed by atoms with Gasteiger partial charge in [-0.2, -0.15) is 0 Å². The molecule has 0 saturated carbocycles. The first kappa shape index (κ1) is 10.5. The second-order valence-corrected chi connectivity index (χ2v) is 3.92. The normalized spacial score (nSPS) is 10.4. The molecule has 0 aliphatic rings. The first-order chi connectivity index (χ1) is 8.84. The Bertz CT molecular complexity index is 684. The van der Waals surface area contributed by atoms with Crippen LogP contribution in [0.4, 0.5) is 5.95 Å².